The maximum atomic E-state index is 13.9. The highest BCUT2D eigenvalue weighted by atomic mass is 19.1. The fraction of sp³-hybridized carbons (Fsp3) is 0.400. The molecule has 0 aliphatic rings. The molecule has 1 aromatic heterocycles. The topological polar surface area (TPSA) is 67.2 Å². The van der Waals surface area contributed by atoms with Gasteiger partial charge in [-0.2, -0.15) is 0 Å². The van der Waals surface area contributed by atoms with E-state index < -0.39 is 0 Å². The first-order valence-electron chi connectivity index (χ1n) is 8.79. The average Bonchev–Trinajstić information content (AvgIpc) is 2.65. The molecule has 2 aromatic rings. The van der Waals surface area contributed by atoms with Crippen molar-refractivity contribution in [2.45, 2.75) is 33.4 Å². The van der Waals surface area contributed by atoms with Gasteiger partial charge in [0.2, 0.25) is 5.88 Å². The van der Waals surface area contributed by atoms with Crippen molar-refractivity contribution in [3.63, 3.8) is 0 Å². The zero-order chi connectivity index (χ0) is 19.8. The zero-order valence-electron chi connectivity index (χ0n) is 16.1. The third-order valence-electron chi connectivity index (χ3n) is 4.09. The summed E-state index contributed by atoms with van der Waals surface area (Å²) in [6.45, 7) is 6.84. The van der Waals surface area contributed by atoms with Crippen LogP contribution in [0, 0.1) is 12.7 Å². The molecule has 7 heteroatoms. The van der Waals surface area contributed by atoms with E-state index in [1.165, 1.54) is 6.07 Å². The molecule has 0 amide bonds. The van der Waals surface area contributed by atoms with E-state index in [0.29, 0.717) is 30.1 Å². The van der Waals surface area contributed by atoms with Crippen LogP contribution < -0.4 is 4.74 Å². The maximum Gasteiger partial charge on any atom is 0.225 e. The van der Waals surface area contributed by atoms with E-state index >= 15 is 0 Å². The maximum absolute atomic E-state index is 13.9. The molecule has 0 atom stereocenters. The number of benzene rings is 1. The summed E-state index contributed by atoms with van der Waals surface area (Å²) in [4.78, 5) is 6.31. The lowest BCUT2D eigenvalue weighted by Gasteiger charge is -2.29. The summed E-state index contributed by atoms with van der Waals surface area (Å²) in [6, 6.07) is 10.1. The summed E-state index contributed by atoms with van der Waals surface area (Å²) in [7, 11) is 1.62. The average molecular weight is 375 g/mol. The number of pyridine rings is 1. The van der Waals surface area contributed by atoms with E-state index in [-0.39, 0.29) is 24.3 Å². The molecule has 0 radical (unpaired) electrons. The SMILES string of the molecule is COCCN(/C(=N\O)c1ccc(C)nc1OCc1ccccc1F)C(C)C. The van der Waals surface area contributed by atoms with Crippen LogP contribution in [0.25, 0.3) is 0 Å². The van der Waals surface area contributed by atoms with E-state index in [0.717, 1.165) is 5.69 Å². The lowest BCUT2D eigenvalue weighted by atomic mass is 10.1. The molecule has 0 saturated carbocycles. The summed E-state index contributed by atoms with van der Waals surface area (Å²) in [5, 5.41) is 13.2. The lowest BCUT2D eigenvalue weighted by molar-refractivity contribution is 0.164. The van der Waals surface area contributed by atoms with Gasteiger partial charge in [0.25, 0.3) is 0 Å². The Kier molecular flexibility index (Phi) is 7.55. The van der Waals surface area contributed by atoms with Crippen LogP contribution in [0.15, 0.2) is 41.6 Å². The first-order chi connectivity index (χ1) is 13.0. The Hall–Kier alpha value is -2.67. The van der Waals surface area contributed by atoms with Crippen LogP contribution in [0.4, 0.5) is 4.39 Å². The number of methoxy groups -OCH3 is 1. The molecule has 0 aliphatic heterocycles. The first kappa shape index (κ1) is 20.6. The van der Waals surface area contributed by atoms with Crippen molar-refractivity contribution in [1.29, 1.82) is 0 Å². The highest BCUT2D eigenvalue weighted by Gasteiger charge is 2.22. The number of aromatic nitrogens is 1. The summed E-state index contributed by atoms with van der Waals surface area (Å²) in [5.74, 6) is 0.277. The molecular formula is C20H26FN3O3. The van der Waals surface area contributed by atoms with Crippen LogP contribution in [0.5, 0.6) is 5.88 Å². The van der Waals surface area contributed by atoms with Crippen LogP contribution in [0.3, 0.4) is 0 Å². The van der Waals surface area contributed by atoms with Crippen LogP contribution in [-0.2, 0) is 11.3 Å². The summed E-state index contributed by atoms with van der Waals surface area (Å²) < 4.78 is 24.8. The Balaban J connectivity index is 2.33. The summed E-state index contributed by atoms with van der Waals surface area (Å²) in [6.07, 6.45) is 0. The number of halogens is 1. The molecule has 1 aromatic carbocycles. The molecule has 0 bridgehead atoms. The van der Waals surface area contributed by atoms with Crippen LogP contribution in [0.1, 0.15) is 30.7 Å². The Morgan fingerprint density at radius 3 is 2.63 bits per heavy atom. The number of hydrogen-bond donors (Lipinski definition) is 1. The minimum Gasteiger partial charge on any atom is -0.472 e. The van der Waals surface area contributed by atoms with Crippen LogP contribution >= 0.6 is 0 Å². The van der Waals surface area contributed by atoms with Crippen LogP contribution in [-0.4, -0.2) is 47.2 Å². The Labute approximate surface area is 159 Å². The smallest absolute Gasteiger partial charge is 0.225 e. The zero-order valence-corrected chi connectivity index (χ0v) is 16.1. The second-order valence-corrected chi connectivity index (χ2v) is 6.39. The van der Waals surface area contributed by atoms with Gasteiger partial charge in [-0.3, -0.25) is 0 Å². The third-order valence-corrected chi connectivity index (χ3v) is 4.09. The van der Waals surface area contributed by atoms with Crippen LogP contribution in [0.2, 0.25) is 0 Å². The van der Waals surface area contributed by atoms with Gasteiger partial charge in [0.1, 0.15) is 12.4 Å². The largest absolute Gasteiger partial charge is 0.472 e. The van der Waals surface area contributed by atoms with Gasteiger partial charge in [0, 0.05) is 31.0 Å². The van der Waals surface area contributed by atoms with Crippen molar-refractivity contribution in [2.75, 3.05) is 20.3 Å². The Bertz CT molecular complexity index is 781. The van der Waals surface area contributed by atoms with Gasteiger partial charge < -0.3 is 19.6 Å². The quantitative estimate of drug-likeness (QED) is 0.330. The molecule has 1 N–H and O–H groups in total. The molecule has 2 rings (SSSR count). The van der Waals surface area contributed by atoms with Gasteiger partial charge in [-0.25, -0.2) is 9.37 Å². The van der Waals surface area contributed by atoms with Gasteiger partial charge in [0.05, 0.1) is 12.2 Å². The van der Waals surface area contributed by atoms with Crippen molar-refractivity contribution >= 4 is 5.84 Å². The number of aryl methyl sites for hydroxylation is 1. The van der Waals surface area contributed by atoms with Crippen molar-refractivity contribution in [3.05, 3.63) is 59.0 Å². The number of hydrogen-bond acceptors (Lipinski definition) is 5. The number of oxime groups is 1. The van der Waals surface area contributed by atoms with E-state index in [4.69, 9.17) is 9.47 Å². The summed E-state index contributed by atoms with van der Waals surface area (Å²) >= 11 is 0. The minimum absolute atomic E-state index is 0.0224. The molecule has 0 saturated heterocycles. The monoisotopic (exact) mass is 375 g/mol. The van der Waals surface area contributed by atoms with Crippen molar-refractivity contribution in [2.24, 2.45) is 5.16 Å². The molecule has 27 heavy (non-hydrogen) atoms. The van der Waals surface area contributed by atoms with Gasteiger partial charge >= 0.3 is 0 Å². The standard InChI is InChI=1S/C20H26FN3O3/c1-14(2)24(11-12-26-4)19(23-25)17-10-9-15(3)22-20(17)27-13-16-7-5-6-8-18(16)21/h5-10,14,25H,11-13H2,1-4H3/b23-19-. The number of ether oxygens (including phenoxy) is 2. The van der Waals surface area contributed by atoms with Gasteiger partial charge in [-0.15, -0.1) is 0 Å². The minimum atomic E-state index is -0.341. The number of amidine groups is 1. The second kappa shape index (κ2) is 9.87. The first-order valence-corrected chi connectivity index (χ1v) is 8.79. The molecule has 0 unspecified atom stereocenters. The molecular weight excluding hydrogens is 349 g/mol. The number of rotatable bonds is 8. The molecule has 0 aliphatic carbocycles. The van der Waals surface area contributed by atoms with Crippen molar-refractivity contribution < 1.29 is 19.1 Å². The molecule has 6 nitrogen and oxygen atoms in total. The van der Waals surface area contributed by atoms with Gasteiger partial charge in [0.15, 0.2) is 5.84 Å². The highest BCUT2D eigenvalue weighted by Crippen LogP contribution is 2.22. The van der Waals surface area contributed by atoms with E-state index in [2.05, 4.69) is 10.1 Å². The number of nitrogens with zero attached hydrogens (tertiary/aromatic N) is 3. The van der Waals surface area contributed by atoms with Crippen molar-refractivity contribution in [1.82, 2.24) is 9.88 Å². The Morgan fingerprint density at radius 2 is 2.00 bits per heavy atom. The predicted octanol–water partition coefficient (Wildman–Crippen LogP) is 3.60. The molecule has 0 fully saturated rings. The normalized spacial score (nSPS) is 11.7. The lowest BCUT2D eigenvalue weighted by Crippen LogP contribution is -2.40. The molecule has 0 spiro atoms. The third kappa shape index (κ3) is 5.40. The summed E-state index contributed by atoms with van der Waals surface area (Å²) in [5.41, 5.74) is 1.70. The fourth-order valence-electron chi connectivity index (χ4n) is 2.64. The fourth-order valence-corrected chi connectivity index (χ4v) is 2.64. The van der Waals surface area contributed by atoms with Gasteiger partial charge in [-0.05, 0) is 39.0 Å². The van der Waals surface area contributed by atoms with E-state index in [9.17, 15) is 9.60 Å². The second-order valence-electron chi connectivity index (χ2n) is 6.39. The van der Waals surface area contributed by atoms with E-state index in [1.54, 1.807) is 31.4 Å². The van der Waals surface area contributed by atoms with E-state index in [1.807, 2.05) is 31.7 Å². The molecule has 146 valence electrons. The predicted molar refractivity (Wildman–Crippen MR) is 102 cm³/mol. The Morgan fingerprint density at radius 1 is 1.26 bits per heavy atom. The highest BCUT2D eigenvalue weighted by molar-refractivity contribution is 6.00. The van der Waals surface area contributed by atoms with Gasteiger partial charge in [-0.1, -0.05) is 23.4 Å². The molecule has 1 heterocycles. The van der Waals surface area contributed by atoms with Crippen molar-refractivity contribution in [3.8, 4) is 5.88 Å².